The molecule has 1 aromatic heterocycles. The molecule has 0 aliphatic carbocycles. The Morgan fingerprint density at radius 1 is 0.907 bits per heavy atom. The van der Waals surface area contributed by atoms with Crippen LogP contribution in [0.1, 0.15) is 48.2 Å². The van der Waals surface area contributed by atoms with E-state index in [0.717, 1.165) is 50.5 Å². The van der Waals surface area contributed by atoms with Gasteiger partial charge in [-0.1, -0.05) is 71.7 Å². The molecule has 0 bridgehead atoms. The van der Waals surface area contributed by atoms with E-state index in [4.69, 9.17) is 15.1 Å². The molecule has 0 saturated heterocycles. The first-order chi connectivity index (χ1) is 21.0. The van der Waals surface area contributed by atoms with Gasteiger partial charge in [-0.2, -0.15) is 5.10 Å². The van der Waals surface area contributed by atoms with Crippen molar-refractivity contribution in [3.8, 4) is 11.4 Å². The molecule has 0 radical (unpaired) electrons. The number of para-hydroxylation sites is 3. The number of fused-ring (bicyclic) bond motifs is 4. The maximum absolute atomic E-state index is 11.3. The fourth-order valence-electron chi connectivity index (χ4n) is 5.86. The van der Waals surface area contributed by atoms with E-state index in [0.29, 0.717) is 17.5 Å². The van der Waals surface area contributed by atoms with Crippen LogP contribution in [0.4, 0.5) is 22.9 Å². The number of phenols is 1. The number of hydrogen-bond acceptors (Lipinski definition) is 6. The summed E-state index contributed by atoms with van der Waals surface area (Å²) in [5.74, 6) is 2.19. The van der Waals surface area contributed by atoms with Crippen LogP contribution in [0.3, 0.4) is 0 Å². The maximum atomic E-state index is 11.3. The highest BCUT2D eigenvalue weighted by molar-refractivity contribution is 9.10. The molecule has 0 amide bonds. The molecule has 2 N–H and O–H groups in total. The van der Waals surface area contributed by atoms with Crippen molar-refractivity contribution >= 4 is 50.5 Å². The third-order valence-electron chi connectivity index (χ3n) is 7.96. The number of nitrogens with zero attached hydrogens (tertiary/aromatic N) is 5. The SMILES string of the molecule is CCCCc1ccc(NC2=Nc3ccccc3N3C2=Nc2c(c(C)nn2-c2ccccc2)[C@H]3c2cc(Br)ccc2O)cc1. The molecule has 8 heteroatoms. The van der Waals surface area contributed by atoms with Gasteiger partial charge in [-0.25, -0.2) is 14.7 Å². The largest absolute Gasteiger partial charge is 0.508 e. The van der Waals surface area contributed by atoms with E-state index in [2.05, 4.69) is 63.4 Å². The van der Waals surface area contributed by atoms with Crippen molar-refractivity contribution in [3.05, 3.63) is 124 Å². The lowest BCUT2D eigenvalue weighted by atomic mass is 9.92. The average molecular weight is 632 g/mol. The van der Waals surface area contributed by atoms with Gasteiger partial charge < -0.3 is 15.3 Å². The number of amidine groups is 2. The summed E-state index contributed by atoms with van der Waals surface area (Å²) in [5.41, 5.74) is 7.39. The predicted molar refractivity (Wildman–Crippen MR) is 178 cm³/mol. The van der Waals surface area contributed by atoms with Gasteiger partial charge in [0.15, 0.2) is 17.5 Å². The number of aromatic hydroxyl groups is 1. The van der Waals surface area contributed by atoms with E-state index in [-0.39, 0.29) is 5.75 Å². The third kappa shape index (κ3) is 4.91. The standard InChI is InChI=1S/C35H31BrN6O/c1-3-4-10-23-15-18-25(19-16-23)37-33-35-39-34-31(22(2)40-42(34)26-11-6-5-7-12-26)32(27-21-24(36)17-20-30(27)43)41(35)29-14-9-8-13-28(29)38-33/h5-9,11-21,32,43H,3-4,10H2,1-2H3,(H,37,38)/t32-/m1/s1. The summed E-state index contributed by atoms with van der Waals surface area (Å²) in [5, 5.41) is 19.8. The maximum Gasteiger partial charge on any atom is 0.179 e. The minimum Gasteiger partial charge on any atom is -0.508 e. The van der Waals surface area contributed by atoms with Crippen LogP contribution in [0.5, 0.6) is 5.75 Å². The summed E-state index contributed by atoms with van der Waals surface area (Å²) in [6.45, 7) is 4.22. The Kier molecular flexibility index (Phi) is 7.07. The highest BCUT2D eigenvalue weighted by atomic mass is 79.9. The van der Waals surface area contributed by atoms with Gasteiger partial charge in [0.2, 0.25) is 0 Å². The summed E-state index contributed by atoms with van der Waals surface area (Å²) in [7, 11) is 0. The zero-order chi connectivity index (χ0) is 29.5. The van der Waals surface area contributed by atoms with Gasteiger partial charge in [0.25, 0.3) is 0 Å². The molecule has 3 heterocycles. The second kappa shape index (κ2) is 11.2. The number of rotatable bonds is 6. The molecule has 0 spiro atoms. The number of aryl methyl sites for hydroxylation is 2. The first-order valence-corrected chi connectivity index (χ1v) is 15.4. The highest BCUT2D eigenvalue weighted by Crippen LogP contribution is 2.50. The van der Waals surface area contributed by atoms with E-state index in [1.165, 1.54) is 18.4 Å². The topological polar surface area (TPSA) is 78.0 Å². The molecule has 214 valence electrons. The fourth-order valence-corrected chi connectivity index (χ4v) is 6.24. The highest BCUT2D eigenvalue weighted by Gasteiger charge is 2.42. The van der Waals surface area contributed by atoms with E-state index in [1.54, 1.807) is 6.07 Å². The first-order valence-electron chi connectivity index (χ1n) is 14.6. The Morgan fingerprint density at radius 2 is 1.67 bits per heavy atom. The van der Waals surface area contributed by atoms with Crippen molar-refractivity contribution in [2.24, 2.45) is 9.98 Å². The molecule has 2 aliphatic heterocycles. The first kappa shape index (κ1) is 27.2. The quantitative estimate of drug-likeness (QED) is 0.196. The summed E-state index contributed by atoms with van der Waals surface area (Å²) in [6.07, 6.45) is 3.40. The summed E-state index contributed by atoms with van der Waals surface area (Å²) >= 11 is 3.64. The molecule has 7 rings (SSSR count). The van der Waals surface area contributed by atoms with Crippen LogP contribution < -0.4 is 10.2 Å². The molecule has 0 saturated carbocycles. The smallest absolute Gasteiger partial charge is 0.179 e. The van der Waals surface area contributed by atoms with Gasteiger partial charge in [0, 0.05) is 21.3 Å². The second-order valence-electron chi connectivity index (χ2n) is 10.9. The summed E-state index contributed by atoms with van der Waals surface area (Å²) < 4.78 is 2.76. The van der Waals surface area contributed by atoms with Crippen LogP contribution in [-0.2, 0) is 6.42 Å². The van der Waals surface area contributed by atoms with Crippen molar-refractivity contribution in [3.63, 3.8) is 0 Å². The number of aromatic nitrogens is 2. The number of anilines is 2. The molecule has 43 heavy (non-hydrogen) atoms. The molecule has 0 unspecified atom stereocenters. The van der Waals surface area contributed by atoms with Crippen LogP contribution >= 0.6 is 15.9 Å². The number of nitrogens with one attached hydrogen (secondary N) is 1. The number of benzene rings is 4. The van der Waals surface area contributed by atoms with Gasteiger partial charge in [-0.15, -0.1) is 0 Å². The lowest BCUT2D eigenvalue weighted by Crippen LogP contribution is -2.46. The van der Waals surface area contributed by atoms with Crippen LogP contribution in [0.25, 0.3) is 5.69 Å². The fraction of sp³-hybridized carbons (Fsp3) is 0.171. The average Bonchev–Trinajstić information content (AvgIpc) is 3.37. The number of phenolic OH excluding ortho intramolecular Hbond substituents is 1. The number of unbranched alkanes of at least 4 members (excludes halogenated alkanes) is 1. The van der Waals surface area contributed by atoms with Crippen LogP contribution in [0.15, 0.2) is 112 Å². The lowest BCUT2D eigenvalue weighted by molar-refractivity contribution is 0.465. The Labute approximate surface area is 259 Å². The van der Waals surface area contributed by atoms with Crippen LogP contribution in [0, 0.1) is 6.92 Å². The Balaban J connectivity index is 1.44. The second-order valence-corrected chi connectivity index (χ2v) is 11.8. The molecule has 7 nitrogen and oxygen atoms in total. The van der Waals surface area contributed by atoms with Gasteiger partial charge in [-0.3, -0.25) is 0 Å². The van der Waals surface area contributed by atoms with Crippen molar-refractivity contribution in [2.75, 3.05) is 10.2 Å². The summed E-state index contributed by atoms with van der Waals surface area (Å²) in [4.78, 5) is 12.5. The van der Waals surface area contributed by atoms with Crippen molar-refractivity contribution < 1.29 is 5.11 Å². The molecule has 5 aromatic rings. The monoisotopic (exact) mass is 630 g/mol. The number of hydrogen-bond donors (Lipinski definition) is 2. The van der Waals surface area contributed by atoms with Crippen molar-refractivity contribution in [1.29, 1.82) is 0 Å². The van der Waals surface area contributed by atoms with E-state index < -0.39 is 6.04 Å². The van der Waals surface area contributed by atoms with E-state index >= 15 is 0 Å². The molecular weight excluding hydrogens is 600 g/mol. The molecule has 4 aromatic carbocycles. The number of halogens is 1. The van der Waals surface area contributed by atoms with E-state index in [9.17, 15) is 5.11 Å². The lowest BCUT2D eigenvalue weighted by Gasteiger charge is -2.40. The predicted octanol–water partition coefficient (Wildman–Crippen LogP) is 8.79. The molecule has 1 atom stereocenters. The molecule has 0 fully saturated rings. The normalized spacial score (nSPS) is 15.2. The van der Waals surface area contributed by atoms with Gasteiger partial charge in [-0.05, 0) is 79.9 Å². The summed E-state index contributed by atoms with van der Waals surface area (Å²) in [6, 6.07) is 31.8. The van der Waals surface area contributed by atoms with Crippen molar-refractivity contribution in [1.82, 2.24) is 9.78 Å². The van der Waals surface area contributed by atoms with Crippen LogP contribution in [0.2, 0.25) is 0 Å². The number of aliphatic imine (C=N–C) groups is 2. The molecule has 2 aliphatic rings. The minimum absolute atomic E-state index is 0.199. The Hall–Kier alpha value is -4.69. The zero-order valence-corrected chi connectivity index (χ0v) is 25.6. The Bertz CT molecular complexity index is 1880. The minimum atomic E-state index is -0.415. The van der Waals surface area contributed by atoms with Crippen LogP contribution in [-0.4, -0.2) is 26.6 Å². The van der Waals surface area contributed by atoms with Crippen molar-refractivity contribution in [2.45, 2.75) is 39.2 Å². The van der Waals surface area contributed by atoms with Gasteiger partial charge in [0.05, 0.1) is 28.8 Å². The van der Waals surface area contributed by atoms with Gasteiger partial charge in [0.1, 0.15) is 5.75 Å². The van der Waals surface area contributed by atoms with Gasteiger partial charge >= 0.3 is 0 Å². The third-order valence-corrected chi connectivity index (χ3v) is 8.45. The molecular formula is C35H31BrN6O. The Morgan fingerprint density at radius 3 is 2.47 bits per heavy atom. The van der Waals surface area contributed by atoms with E-state index in [1.807, 2.05) is 72.3 Å². The zero-order valence-electron chi connectivity index (χ0n) is 24.0.